The number of hydrogen-bond acceptors (Lipinski definition) is 2. The molecule has 2 N–H and O–H groups in total. The third-order valence-electron chi connectivity index (χ3n) is 3.15. The van der Waals surface area contributed by atoms with Crippen LogP contribution >= 0.6 is 0 Å². The van der Waals surface area contributed by atoms with Crippen molar-refractivity contribution in [2.24, 2.45) is 0 Å². The van der Waals surface area contributed by atoms with Crippen molar-refractivity contribution >= 4 is 0 Å². The number of rotatable bonds is 4. The second kappa shape index (κ2) is 4.90. The molecule has 0 radical (unpaired) electrons. The van der Waals surface area contributed by atoms with E-state index in [0.717, 1.165) is 23.6 Å². The molecule has 0 saturated heterocycles. The summed E-state index contributed by atoms with van der Waals surface area (Å²) >= 11 is 0. The molecule has 1 heterocycles. The fraction of sp³-hybridized carbons (Fsp3) is 0.357. The van der Waals surface area contributed by atoms with Gasteiger partial charge in [-0.3, -0.25) is 0 Å². The molecule has 0 bridgehead atoms. The Labute approximate surface area is 106 Å². The molecular weight excluding hydrogens is 229 g/mol. The summed E-state index contributed by atoms with van der Waals surface area (Å²) in [5.41, 5.74) is 1.82. The molecule has 18 heavy (non-hydrogen) atoms. The first-order valence-corrected chi connectivity index (χ1v) is 5.99. The van der Waals surface area contributed by atoms with Gasteiger partial charge in [-0.2, -0.15) is 0 Å². The molecule has 2 aromatic rings. The Balaban J connectivity index is 2.31. The maximum atomic E-state index is 13.0. The van der Waals surface area contributed by atoms with E-state index in [-0.39, 0.29) is 11.2 Å². The van der Waals surface area contributed by atoms with E-state index >= 15 is 0 Å². The lowest BCUT2D eigenvalue weighted by Crippen LogP contribution is -2.21. The highest BCUT2D eigenvalue weighted by Gasteiger charge is 2.26. The number of benzene rings is 1. The topological polar surface area (TPSA) is 40.7 Å². The summed E-state index contributed by atoms with van der Waals surface area (Å²) in [6, 6.07) is 6.56. The van der Waals surface area contributed by atoms with Gasteiger partial charge in [0.1, 0.15) is 11.6 Å². The highest BCUT2D eigenvalue weighted by molar-refractivity contribution is 5.31. The smallest absolute Gasteiger partial charge is 0.123 e. The average molecular weight is 247 g/mol. The predicted octanol–water partition coefficient (Wildman–Crippen LogP) is 2.59. The Hall–Kier alpha value is -1.68. The minimum Gasteiger partial charge on any atom is -0.344 e. The van der Waals surface area contributed by atoms with Gasteiger partial charge in [-0.15, -0.1) is 0 Å². The molecule has 0 aliphatic carbocycles. The van der Waals surface area contributed by atoms with Crippen LogP contribution in [0.2, 0.25) is 0 Å². The van der Waals surface area contributed by atoms with Gasteiger partial charge >= 0.3 is 0 Å². The molecular formula is C14H18FN3. The number of aromatic amines is 1. The number of aromatic nitrogens is 2. The molecule has 0 spiro atoms. The van der Waals surface area contributed by atoms with Gasteiger partial charge in [0.25, 0.3) is 0 Å². The summed E-state index contributed by atoms with van der Waals surface area (Å²) in [4.78, 5) is 7.72. The summed E-state index contributed by atoms with van der Waals surface area (Å²) in [6.07, 6.45) is 1.83. The maximum Gasteiger partial charge on any atom is 0.123 e. The molecule has 0 fully saturated rings. The van der Waals surface area contributed by atoms with Crippen molar-refractivity contribution < 1.29 is 4.39 Å². The molecule has 0 aliphatic heterocycles. The third kappa shape index (κ3) is 2.43. The summed E-state index contributed by atoms with van der Waals surface area (Å²) < 4.78 is 13.0. The molecule has 96 valence electrons. The number of imidazole rings is 1. The highest BCUT2D eigenvalue weighted by atomic mass is 19.1. The SMILES string of the molecule is CNCc1cnc(C(C)(C)c2ccc(F)cc2)[nH]1. The minimum absolute atomic E-state index is 0.218. The molecule has 0 unspecified atom stereocenters. The molecule has 0 amide bonds. The van der Waals surface area contributed by atoms with E-state index in [9.17, 15) is 4.39 Å². The van der Waals surface area contributed by atoms with Gasteiger partial charge < -0.3 is 10.3 Å². The summed E-state index contributed by atoms with van der Waals surface area (Å²) in [6.45, 7) is 4.90. The zero-order valence-corrected chi connectivity index (χ0v) is 10.9. The predicted molar refractivity (Wildman–Crippen MR) is 69.9 cm³/mol. The molecule has 2 rings (SSSR count). The quantitative estimate of drug-likeness (QED) is 0.872. The number of nitrogens with zero attached hydrogens (tertiary/aromatic N) is 1. The van der Waals surface area contributed by atoms with Crippen molar-refractivity contribution in [2.45, 2.75) is 25.8 Å². The summed E-state index contributed by atoms with van der Waals surface area (Å²) in [7, 11) is 1.89. The number of H-pyrrole nitrogens is 1. The van der Waals surface area contributed by atoms with Crippen LogP contribution < -0.4 is 5.32 Å². The lowest BCUT2D eigenvalue weighted by Gasteiger charge is -2.22. The fourth-order valence-corrected chi connectivity index (χ4v) is 1.96. The van der Waals surface area contributed by atoms with Crippen molar-refractivity contribution in [1.82, 2.24) is 15.3 Å². The van der Waals surface area contributed by atoms with Gasteiger partial charge in [0.15, 0.2) is 0 Å². The van der Waals surface area contributed by atoms with Gasteiger partial charge in [0.05, 0.1) is 0 Å². The Morgan fingerprint density at radius 1 is 1.28 bits per heavy atom. The normalized spacial score (nSPS) is 11.8. The first-order chi connectivity index (χ1) is 8.54. The first kappa shape index (κ1) is 12.8. The average Bonchev–Trinajstić information content (AvgIpc) is 2.79. The van der Waals surface area contributed by atoms with E-state index < -0.39 is 0 Å². The molecule has 0 aliphatic rings. The van der Waals surface area contributed by atoms with Crippen molar-refractivity contribution in [2.75, 3.05) is 7.05 Å². The maximum absolute atomic E-state index is 13.0. The van der Waals surface area contributed by atoms with Crippen LogP contribution in [0.15, 0.2) is 30.5 Å². The lowest BCUT2D eigenvalue weighted by molar-refractivity contribution is 0.588. The largest absolute Gasteiger partial charge is 0.344 e. The van der Waals surface area contributed by atoms with E-state index in [1.54, 1.807) is 12.1 Å². The van der Waals surface area contributed by atoms with Crippen molar-refractivity contribution in [3.05, 3.63) is 53.4 Å². The Bertz CT molecular complexity index is 514. The summed E-state index contributed by atoms with van der Waals surface area (Å²) in [5.74, 6) is 0.671. The van der Waals surface area contributed by atoms with Crippen LogP contribution in [-0.4, -0.2) is 17.0 Å². The van der Waals surface area contributed by atoms with E-state index in [4.69, 9.17) is 0 Å². The standard InChI is InChI=1S/C14H18FN3/c1-14(2,10-4-6-11(15)7-5-10)13-17-9-12(18-13)8-16-3/h4-7,9,16H,8H2,1-3H3,(H,17,18). The minimum atomic E-state index is -0.264. The van der Waals surface area contributed by atoms with Crippen LogP contribution in [0.4, 0.5) is 4.39 Å². The van der Waals surface area contributed by atoms with E-state index in [1.807, 2.05) is 13.2 Å². The monoisotopic (exact) mass is 247 g/mol. The van der Waals surface area contributed by atoms with Gasteiger partial charge in [0.2, 0.25) is 0 Å². The van der Waals surface area contributed by atoms with Gasteiger partial charge in [-0.25, -0.2) is 9.37 Å². The molecule has 4 heteroatoms. The Morgan fingerprint density at radius 3 is 2.56 bits per heavy atom. The van der Waals surface area contributed by atoms with Crippen molar-refractivity contribution in [3.63, 3.8) is 0 Å². The second-order valence-electron chi connectivity index (χ2n) is 4.92. The van der Waals surface area contributed by atoms with E-state index in [1.165, 1.54) is 12.1 Å². The molecule has 0 saturated carbocycles. The third-order valence-corrected chi connectivity index (χ3v) is 3.15. The molecule has 1 aromatic carbocycles. The Kier molecular flexibility index (Phi) is 3.48. The van der Waals surface area contributed by atoms with Crippen molar-refractivity contribution in [3.8, 4) is 0 Å². The molecule has 0 atom stereocenters. The summed E-state index contributed by atoms with van der Waals surface area (Å²) in [5, 5.41) is 3.08. The zero-order valence-electron chi connectivity index (χ0n) is 10.9. The number of nitrogens with one attached hydrogen (secondary N) is 2. The highest BCUT2D eigenvalue weighted by Crippen LogP contribution is 2.29. The van der Waals surface area contributed by atoms with Gasteiger partial charge in [0, 0.05) is 23.9 Å². The van der Waals surface area contributed by atoms with Crippen LogP contribution in [0.3, 0.4) is 0 Å². The van der Waals surface area contributed by atoms with Gasteiger partial charge in [-0.1, -0.05) is 12.1 Å². The second-order valence-corrected chi connectivity index (χ2v) is 4.92. The van der Waals surface area contributed by atoms with Crippen LogP contribution in [0.1, 0.15) is 30.9 Å². The van der Waals surface area contributed by atoms with Crippen molar-refractivity contribution in [1.29, 1.82) is 0 Å². The van der Waals surface area contributed by atoms with Crippen LogP contribution in [0.5, 0.6) is 0 Å². The molecule has 3 nitrogen and oxygen atoms in total. The van der Waals surface area contributed by atoms with E-state index in [2.05, 4.69) is 29.1 Å². The van der Waals surface area contributed by atoms with Crippen LogP contribution in [0, 0.1) is 5.82 Å². The molecule has 1 aromatic heterocycles. The first-order valence-electron chi connectivity index (χ1n) is 5.99. The van der Waals surface area contributed by atoms with Gasteiger partial charge in [-0.05, 0) is 38.6 Å². The number of hydrogen-bond donors (Lipinski definition) is 2. The van der Waals surface area contributed by atoms with Crippen LogP contribution in [-0.2, 0) is 12.0 Å². The fourth-order valence-electron chi connectivity index (χ4n) is 1.96. The van der Waals surface area contributed by atoms with Crippen LogP contribution in [0.25, 0.3) is 0 Å². The Morgan fingerprint density at radius 2 is 1.94 bits per heavy atom. The van der Waals surface area contributed by atoms with E-state index in [0.29, 0.717) is 0 Å². The zero-order chi connectivity index (χ0) is 13.2. The number of halogens is 1. The lowest BCUT2D eigenvalue weighted by atomic mass is 9.84.